The molecule has 1 unspecified atom stereocenters. The van der Waals surface area contributed by atoms with E-state index in [0.29, 0.717) is 23.8 Å². The third-order valence-electron chi connectivity index (χ3n) is 3.56. The number of nitrogens with one attached hydrogen (secondary N) is 1. The van der Waals surface area contributed by atoms with E-state index < -0.39 is 10.0 Å². The number of nitrogens with zero attached hydrogens (tertiary/aromatic N) is 1. The topological polar surface area (TPSA) is 92.5 Å². The average Bonchev–Trinajstić information content (AvgIpc) is 2.94. The zero-order valence-electron chi connectivity index (χ0n) is 12.0. The van der Waals surface area contributed by atoms with Crippen LogP contribution in [0.25, 0.3) is 0 Å². The molecule has 2 rings (SSSR count). The summed E-state index contributed by atoms with van der Waals surface area (Å²) in [6.45, 7) is 2.67. The van der Waals surface area contributed by atoms with E-state index >= 15 is 0 Å². The van der Waals surface area contributed by atoms with E-state index in [1.165, 1.54) is 22.6 Å². The van der Waals surface area contributed by atoms with Crippen molar-refractivity contribution in [3.05, 3.63) is 17.0 Å². The fraction of sp³-hybridized carbons (Fsp3) is 0.615. The predicted octanol–water partition coefficient (Wildman–Crippen LogP) is 0.886. The molecular weight excluding hydrogens is 310 g/mol. The van der Waals surface area contributed by atoms with Gasteiger partial charge in [0.15, 0.2) is 0 Å². The van der Waals surface area contributed by atoms with Crippen LogP contribution in [-0.2, 0) is 21.4 Å². The van der Waals surface area contributed by atoms with Crippen molar-refractivity contribution in [3.8, 4) is 0 Å². The van der Waals surface area contributed by atoms with Gasteiger partial charge in [-0.05, 0) is 25.0 Å². The summed E-state index contributed by atoms with van der Waals surface area (Å²) in [4.78, 5) is 11.7. The smallest absolute Gasteiger partial charge is 0.252 e. The van der Waals surface area contributed by atoms with Crippen molar-refractivity contribution >= 4 is 27.3 Å². The van der Waals surface area contributed by atoms with E-state index in [1.807, 2.05) is 0 Å². The molecule has 1 aliphatic heterocycles. The van der Waals surface area contributed by atoms with Gasteiger partial charge in [0, 0.05) is 30.9 Å². The molecule has 0 aliphatic carbocycles. The van der Waals surface area contributed by atoms with Crippen LogP contribution in [0.1, 0.15) is 31.1 Å². The first-order chi connectivity index (χ1) is 9.95. The van der Waals surface area contributed by atoms with Crippen LogP contribution in [-0.4, -0.2) is 37.8 Å². The zero-order valence-corrected chi connectivity index (χ0v) is 13.7. The lowest BCUT2D eigenvalue weighted by Crippen LogP contribution is -2.47. The Morgan fingerprint density at radius 2 is 2.24 bits per heavy atom. The van der Waals surface area contributed by atoms with Crippen LogP contribution >= 0.6 is 11.3 Å². The van der Waals surface area contributed by atoms with Gasteiger partial charge in [-0.15, -0.1) is 11.3 Å². The number of carbonyl (C=O) groups excluding carboxylic acids is 1. The summed E-state index contributed by atoms with van der Waals surface area (Å²) < 4.78 is 27.3. The van der Waals surface area contributed by atoms with Crippen molar-refractivity contribution in [3.63, 3.8) is 0 Å². The van der Waals surface area contributed by atoms with Gasteiger partial charge in [0.1, 0.15) is 4.21 Å². The monoisotopic (exact) mass is 331 g/mol. The zero-order chi connectivity index (χ0) is 15.5. The molecule has 0 aromatic carbocycles. The highest BCUT2D eigenvalue weighted by Crippen LogP contribution is 2.29. The van der Waals surface area contributed by atoms with Gasteiger partial charge in [-0.3, -0.25) is 4.79 Å². The first-order valence-corrected chi connectivity index (χ1v) is 9.26. The number of rotatable bonds is 5. The number of piperidine rings is 1. The highest BCUT2D eigenvalue weighted by Gasteiger charge is 2.33. The Labute approximate surface area is 129 Å². The fourth-order valence-corrected chi connectivity index (χ4v) is 5.57. The van der Waals surface area contributed by atoms with Gasteiger partial charge in [0.25, 0.3) is 10.0 Å². The second-order valence-corrected chi connectivity index (χ2v) is 8.42. The Balaban J connectivity index is 2.17. The minimum Gasteiger partial charge on any atom is -0.351 e. The molecule has 1 saturated heterocycles. The molecule has 1 atom stereocenters. The summed E-state index contributed by atoms with van der Waals surface area (Å²) in [5, 5.41) is 2.67. The number of hydrogen-bond acceptors (Lipinski definition) is 5. The molecule has 8 heteroatoms. The molecule has 1 aromatic rings. The summed E-state index contributed by atoms with van der Waals surface area (Å²) in [6.07, 6.45) is 2.71. The maximum Gasteiger partial charge on any atom is 0.252 e. The van der Waals surface area contributed by atoms with E-state index in [1.54, 1.807) is 12.1 Å². The quantitative estimate of drug-likeness (QED) is 0.838. The van der Waals surface area contributed by atoms with E-state index in [4.69, 9.17) is 5.73 Å². The normalized spacial score (nSPS) is 20.4. The number of hydrogen-bond donors (Lipinski definition) is 2. The summed E-state index contributed by atoms with van der Waals surface area (Å²) in [5.41, 5.74) is 5.70. The molecule has 3 N–H and O–H groups in total. The molecule has 0 bridgehead atoms. The minimum absolute atomic E-state index is 0.107. The number of amides is 1. The Morgan fingerprint density at radius 3 is 2.90 bits per heavy atom. The lowest BCUT2D eigenvalue weighted by atomic mass is 10.1. The third kappa shape index (κ3) is 3.82. The van der Waals surface area contributed by atoms with Crippen molar-refractivity contribution in [1.29, 1.82) is 0 Å². The molecule has 6 nitrogen and oxygen atoms in total. The summed E-state index contributed by atoms with van der Waals surface area (Å²) in [7, 11) is -3.48. The first-order valence-electron chi connectivity index (χ1n) is 7.00. The van der Waals surface area contributed by atoms with Crippen LogP contribution in [0.5, 0.6) is 0 Å². The van der Waals surface area contributed by atoms with Crippen LogP contribution in [0.4, 0.5) is 0 Å². The standard InChI is InChI=1S/C13H21N3O3S2/c1-10(17)15-9-12-5-6-13(20-12)21(18,19)16-7-3-2-4-11(16)8-14/h5-6,11H,2-4,7-9,14H2,1H3,(H,15,17). The summed E-state index contributed by atoms with van der Waals surface area (Å²) in [6, 6.07) is 3.25. The molecule has 0 radical (unpaired) electrons. The SMILES string of the molecule is CC(=O)NCc1ccc(S(=O)(=O)N2CCCCC2CN)s1. The molecule has 2 heterocycles. The van der Waals surface area contributed by atoms with E-state index in [-0.39, 0.29) is 11.9 Å². The molecular formula is C13H21N3O3S2. The van der Waals surface area contributed by atoms with Crippen molar-refractivity contribution in [2.45, 2.75) is 43.0 Å². The molecule has 1 aliphatic rings. The Hall–Kier alpha value is -0.960. The summed E-state index contributed by atoms with van der Waals surface area (Å²) in [5.74, 6) is -0.132. The van der Waals surface area contributed by atoms with E-state index in [9.17, 15) is 13.2 Å². The second kappa shape index (κ2) is 6.87. The van der Waals surface area contributed by atoms with Crippen LogP contribution in [0.3, 0.4) is 0 Å². The van der Waals surface area contributed by atoms with Gasteiger partial charge in [0.2, 0.25) is 5.91 Å². The Bertz CT molecular complexity index is 598. The van der Waals surface area contributed by atoms with Gasteiger partial charge in [-0.1, -0.05) is 6.42 Å². The van der Waals surface area contributed by atoms with Gasteiger partial charge in [0.05, 0.1) is 6.54 Å². The molecule has 118 valence electrons. The van der Waals surface area contributed by atoms with Crippen LogP contribution in [0.15, 0.2) is 16.3 Å². The molecule has 1 aromatic heterocycles. The highest BCUT2D eigenvalue weighted by atomic mass is 32.2. The molecule has 1 amide bonds. The first kappa shape index (κ1) is 16.4. The van der Waals surface area contributed by atoms with Gasteiger partial charge < -0.3 is 11.1 Å². The Kier molecular flexibility index (Phi) is 5.37. The molecule has 0 spiro atoms. The molecule has 21 heavy (non-hydrogen) atoms. The number of sulfonamides is 1. The van der Waals surface area contributed by atoms with Crippen molar-refractivity contribution in [2.24, 2.45) is 5.73 Å². The number of thiophene rings is 1. The van der Waals surface area contributed by atoms with Crippen molar-refractivity contribution in [2.75, 3.05) is 13.1 Å². The molecule has 0 saturated carbocycles. The van der Waals surface area contributed by atoms with Crippen molar-refractivity contribution in [1.82, 2.24) is 9.62 Å². The largest absolute Gasteiger partial charge is 0.351 e. The number of nitrogens with two attached hydrogens (primary N) is 1. The van der Waals surface area contributed by atoms with Gasteiger partial charge >= 0.3 is 0 Å². The molecule has 1 fully saturated rings. The highest BCUT2D eigenvalue weighted by molar-refractivity contribution is 7.91. The second-order valence-electron chi connectivity index (χ2n) is 5.13. The summed E-state index contributed by atoms with van der Waals surface area (Å²) >= 11 is 1.20. The number of carbonyl (C=O) groups is 1. The van der Waals surface area contributed by atoms with Crippen molar-refractivity contribution < 1.29 is 13.2 Å². The van der Waals surface area contributed by atoms with Crippen LogP contribution < -0.4 is 11.1 Å². The van der Waals surface area contributed by atoms with Gasteiger partial charge in [-0.25, -0.2) is 8.42 Å². The van der Waals surface area contributed by atoms with Crippen LogP contribution in [0, 0.1) is 0 Å². The minimum atomic E-state index is -3.48. The third-order valence-corrected chi connectivity index (χ3v) is 7.06. The van der Waals surface area contributed by atoms with Crippen LogP contribution in [0.2, 0.25) is 0 Å². The maximum atomic E-state index is 12.7. The maximum absolute atomic E-state index is 12.7. The van der Waals surface area contributed by atoms with Gasteiger partial charge in [-0.2, -0.15) is 4.31 Å². The lowest BCUT2D eigenvalue weighted by molar-refractivity contribution is -0.119. The van der Waals surface area contributed by atoms with E-state index in [2.05, 4.69) is 5.32 Å². The average molecular weight is 331 g/mol. The van der Waals surface area contributed by atoms with E-state index in [0.717, 1.165) is 24.1 Å². The fourth-order valence-electron chi connectivity index (χ4n) is 2.45. The predicted molar refractivity (Wildman–Crippen MR) is 82.4 cm³/mol. The lowest BCUT2D eigenvalue weighted by Gasteiger charge is -2.33. The Morgan fingerprint density at radius 1 is 1.48 bits per heavy atom.